The van der Waals surface area contributed by atoms with Gasteiger partial charge in [-0.3, -0.25) is 9.59 Å². The highest BCUT2D eigenvalue weighted by molar-refractivity contribution is 5.96. The highest BCUT2D eigenvalue weighted by Crippen LogP contribution is 2.24. The Labute approximate surface area is 217 Å². The first-order valence-electron chi connectivity index (χ1n) is 12.4. The Bertz CT molecular complexity index is 1290. The standard InChI is InChI=1S/C31H31N3O3/c35-30(34-28-18-7-8-19-29(28)37-20-10-15-24-11-3-1-4-12-24)23-32-27-17-9-16-26(21-27)31(36)33-22-25-13-5-2-6-14-25/h1-9,11-14,16-19,21,32H,10,15,20,22-23H2,(H,33,36)(H,34,35). The normalized spacial score (nSPS) is 10.4. The van der Waals surface area contributed by atoms with E-state index in [4.69, 9.17) is 4.74 Å². The molecular formula is C31H31N3O3. The number of carbonyl (C=O) groups is 2. The van der Waals surface area contributed by atoms with Crippen LogP contribution in [-0.2, 0) is 17.8 Å². The zero-order chi connectivity index (χ0) is 25.7. The van der Waals surface area contributed by atoms with Crippen LogP contribution in [0.25, 0.3) is 0 Å². The van der Waals surface area contributed by atoms with E-state index in [-0.39, 0.29) is 18.4 Å². The molecule has 0 aliphatic heterocycles. The number of carbonyl (C=O) groups excluding carboxylic acids is 2. The molecule has 6 nitrogen and oxygen atoms in total. The van der Waals surface area contributed by atoms with Crippen LogP contribution in [0.1, 0.15) is 27.9 Å². The van der Waals surface area contributed by atoms with Crippen molar-refractivity contribution in [3.05, 3.63) is 126 Å². The number of rotatable bonds is 12. The topological polar surface area (TPSA) is 79.5 Å². The summed E-state index contributed by atoms with van der Waals surface area (Å²) in [4.78, 5) is 25.2. The summed E-state index contributed by atoms with van der Waals surface area (Å²) in [6, 6.07) is 34.5. The second-order valence-electron chi connectivity index (χ2n) is 8.58. The largest absolute Gasteiger partial charge is 0.491 e. The van der Waals surface area contributed by atoms with Crippen LogP contribution in [0.5, 0.6) is 5.75 Å². The average molecular weight is 494 g/mol. The second kappa shape index (κ2) is 13.5. The number of benzene rings is 4. The number of amides is 2. The summed E-state index contributed by atoms with van der Waals surface area (Å²) >= 11 is 0. The molecule has 4 aromatic rings. The predicted molar refractivity (Wildman–Crippen MR) is 148 cm³/mol. The molecule has 0 saturated carbocycles. The fourth-order valence-corrected chi connectivity index (χ4v) is 3.83. The lowest BCUT2D eigenvalue weighted by atomic mass is 10.1. The molecule has 2 amide bonds. The number of ether oxygens (including phenoxy) is 1. The van der Waals surface area contributed by atoms with Crippen molar-refractivity contribution in [3.8, 4) is 5.75 Å². The number of aryl methyl sites for hydroxylation is 1. The van der Waals surface area contributed by atoms with Crippen molar-refractivity contribution in [1.29, 1.82) is 0 Å². The Morgan fingerprint density at radius 1 is 0.730 bits per heavy atom. The van der Waals surface area contributed by atoms with E-state index in [2.05, 4.69) is 28.1 Å². The molecule has 0 bridgehead atoms. The van der Waals surface area contributed by atoms with Crippen LogP contribution in [0.15, 0.2) is 109 Å². The maximum atomic E-state index is 12.6. The molecule has 0 aliphatic rings. The SMILES string of the molecule is O=C(CNc1cccc(C(=O)NCc2ccccc2)c1)Nc1ccccc1OCCCc1ccccc1. The Hall–Kier alpha value is -4.58. The van der Waals surface area contributed by atoms with Gasteiger partial charge in [-0.05, 0) is 54.3 Å². The van der Waals surface area contributed by atoms with Crippen molar-refractivity contribution < 1.29 is 14.3 Å². The van der Waals surface area contributed by atoms with Crippen LogP contribution in [0.4, 0.5) is 11.4 Å². The minimum atomic E-state index is -0.209. The van der Waals surface area contributed by atoms with Crippen LogP contribution < -0.4 is 20.7 Å². The van der Waals surface area contributed by atoms with Gasteiger partial charge in [0, 0.05) is 17.8 Å². The molecule has 37 heavy (non-hydrogen) atoms. The Morgan fingerprint density at radius 2 is 1.43 bits per heavy atom. The van der Waals surface area contributed by atoms with Crippen LogP contribution in [-0.4, -0.2) is 25.0 Å². The van der Waals surface area contributed by atoms with E-state index < -0.39 is 0 Å². The summed E-state index contributed by atoms with van der Waals surface area (Å²) in [5, 5.41) is 8.92. The van der Waals surface area contributed by atoms with Crippen LogP contribution in [0.3, 0.4) is 0 Å². The van der Waals surface area contributed by atoms with E-state index in [9.17, 15) is 9.59 Å². The van der Waals surface area contributed by atoms with Crippen molar-refractivity contribution in [2.24, 2.45) is 0 Å². The van der Waals surface area contributed by atoms with Gasteiger partial charge in [-0.2, -0.15) is 0 Å². The maximum absolute atomic E-state index is 12.6. The Kier molecular flexibility index (Phi) is 9.30. The Balaban J connectivity index is 1.24. The molecule has 0 fully saturated rings. The fourth-order valence-electron chi connectivity index (χ4n) is 3.83. The first-order valence-corrected chi connectivity index (χ1v) is 12.4. The third kappa shape index (κ3) is 8.25. The number of nitrogens with one attached hydrogen (secondary N) is 3. The lowest BCUT2D eigenvalue weighted by molar-refractivity contribution is -0.114. The maximum Gasteiger partial charge on any atom is 0.251 e. The third-order valence-corrected chi connectivity index (χ3v) is 5.75. The van der Waals surface area contributed by atoms with E-state index in [1.807, 2.05) is 78.9 Å². The monoisotopic (exact) mass is 493 g/mol. The van der Waals surface area contributed by atoms with E-state index in [0.29, 0.717) is 35.8 Å². The van der Waals surface area contributed by atoms with Crippen LogP contribution in [0, 0.1) is 0 Å². The molecule has 0 spiro atoms. The summed E-state index contributed by atoms with van der Waals surface area (Å²) in [5.41, 5.74) is 4.14. The van der Waals surface area contributed by atoms with E-state index in [0.717, 1.165) is 18.4 Å². The van der Waals surface area contributed by atoms with Gasteiger partial charge in [0.2, 0.25) is 5.91 Å². The first kappa shape index (κ1) is 25.5. The lowest BCUT2D eigenvalue weighted by Crippen LogP contribution is -2.24. The van der Waals surface area contributed by atoms with E-state index >= 15 is 0 Å². The fraction of sp³-hybridized carbons (Fsp3) is 0.161. The van der Waals surface area contributed by atoms with Gasteiger partial charge in [0.05, 0.1) is 18.8 Å². The van der Waals surface area contributed by atoms with Gasteiger partial charge in [-0.25, -0.2) is 0 Å². The minimum absolute atomic E-state index is 0.0530. The summed E-state index contributed by atoms with van der Waals surface area (Å²) in [6.45, 7) is 1.06. The second-order valence-corrected chi connectivity index (χ2v) is 8.58. The van der Waals surface area contributed by atoms with Gasteiger partial charge in [0.15, 0.2) is 0 Å². The molecule has 0 unspecified atom stereocenters. The predicted octanol–water partition coefficient (Wildman–Crippen LogP) is 5.68. The molecule has 0 aromatic heterocycles. The van der Waals surface area contributed by atoms with Gasteiger partial charge in [0.25, 0.3) is 5.91 Å². The average Bonchev–Trinajstić information content (AvgIpc) is 2.95. The number of hydrogen-bond donors (Lipinski definition) is 3. The van der Waals surface area contributed by atoms with Crippen molar-refractivity contribution in [2.45, 2.75) is 19.4 Å². The molecule has 0 radical (unpaired) electrons. The third-order valence-electron chi connectivity index (χ3n) is 5.75. The quantitative estimate of drug-likeness (QED) is 0.222. The molecule has 4 rings (SSSR count). The molecule has 188 valence electrons. The first-order chi connectivity index (χ1) is 18.2. The van der Waals surface area contributed by atoms with Crippen molar-refractivity contribution in [3.63, 3.8) is 0 Å². The van der Waals surface area contributed by atoms with Crippen LogP contribution >= 0.6 is 0 Å². The zero-order valence-electron chi connectivity index (χ0n) is 20.7. The number of para-hydroxylation sites is 2. The van der Waals surface area contributed by atoms with Gasteiger partial charge >= 0.3 is 0 Å². The molecule has 4 aromatic carbocycles. The summed E-state index contributed by atoms with van der Waals surface area (Å²) in [7, 11) is 0. The minimum Gasteiger partial charge on any atom is -0.491 e. The number of hydrogen-bond acceptors (Lipinski definition) is 4. The summed E-state index contributed by atoms with van der Waals surface area (Å²) < 4.78 is 5.94. The molecule has 0 saturated heterocycles. The highest BCUT2D eigenvalue weighted by Gasteiger charge is 2.10. The zero-order valence-corrected chi connectivity index (χ0v) is 20.7. The highest BCUT2D eigenvalue weighted by atomic mass is 16.5. The molecule has 0 heterocycles. The van der Waals surface area contributed by atoms with Gasteiger partial charge in [-0.1, -0.05) is 78.9 Å². The van der Waals surface area contributed by atoms with Gasteiger partial charge in [-0.15, -0.1) is 0 Å². The van der Waals surface area contributed by atoms with Gasteiger partial charge in [0.1, 0.15) is 5.75 Å². The molecule has 0 atom stereocenters. The van der Waals surface area contributed by atoms with Crippen molar-refractivity contribution in [1.82, 2.24) is 5.32 Å². The smallest absolute Gasteiger partial charge is 0.251 e. The molecular weight excluding hydrogens is 462 g/mol. The molecule has 0 aliphatic carbocycles. The lowest BCUT2D eigenvalue weighted by Gasteiger charge is -2.13. The van der Waals surface area contributed by atoms with Crippen LogP contribution in [0.2, 0.25) is 0 Å². The molecule has 6 heteroatoms. The summed E-state index contributed by atoms with van der Waals surface area (Å²) in [6.07, 6.45) is 1.81. The van der Waals surface area contributed by atoms with E-state index in [1.54, 1.807) is 18.2 Å². The van der Waals surface area contributed by atoms with Crippen molar-refractivity contribution >= 4 is 23.2 Å². The molecule has 3 N–H and O–H groups in total. The Morgan fingerprint density at radius 3 is 2.22 bits per heavy atom. The van der Waals surface area contributed by atoms with E-state index in [1.165, 1.54) is 5.56 Å². The summed E-state index contributed by atoms with van der Waals surface area (Å²) in [5.74, 6) is 0.260. The van der Waals surface area contributed by atoms with Gasteiger partial charge < -0.3 is 20.7 Å². The number of anilines is 2. The van der Waals surface area contributed by atoms with Crippen molar-refractivity contribution in [2.75, 3.05) is 23.8 Å².